The quantitative estimate of drug-likeness (QED) is 0.0680. The molecule has 3 rings (SSSR count). The lowest BCUT2D eigenvalue weighted by atomic mass is 9.98. The summed E-state index contributed by atoms with van der Waals surface area (Å²) in [5.74, 6) is 1.27. The summed E-state index contributed by atoms with van der Waals surface area (Å²) in [6.45, 7) is 4.68. The molecule has 1 saturated heterocycles. The summed E-state index contributed by atoms with van der Waals surface area (Å²) in [6, 6.07) is -0.913. The van der Waals surface area contributed by atoms with E-state index in [9.17, 15) is 19.6 Å². The highest BCUT2D eigenvalue weighted by Gasteiger charge is 2.54. The van der Waals surface area contributed by atoms with Gasteiger partial charge in [-0.3, -0.25) is 19.3 Å². The van der Waals surface area contributed by atoms with Gasteiger partial charge in [0.05, 0.1) is 5.41 Å². The van der Waals surface area contributed by atoms with E-state index in [4.69, 9.17) is 33.8 Å². The van der Waals surface area contributed by atoms with Gasteiger partial charge in [-0.25, -0.2) is 4.98 Å². The lowest BCUT2D eigenvalue weighted by molar-refractivity contribution is -0.160. The first kappa shape index (κ1) is 26.5. The minimum atomic E-state index is -0.913. The molecule has 4 N–H and O–H groups in total. The van der Waals surface area contributed by atoms with Crippen molar-refractivity contribution in [2.75, 3.05) is 18.3 Å². The maximum Gasteiger partial charge on any atom is 0.314 e. The van der Waals surface area contributed by atoms with E-state index in [1.54, 1.807) is 20.8 Å². The van der Waals surface area contributed by atoms with Gasteiger partial charge < -0.3 is 25.7 Å². The summed E-state index contributed by atoms with van der Waals surface area (Å²) in [7, 11) is 0. The first-order chi connectivity index (χ1) is 16.5. The van der Waals surface area contributed by atoms with Crippen LogP contribution < -0.4 is 11.1 Å². The third-order valence-electron chi connectivity index (χ3n) is 4.91. The number of β-lactam (4-membered cyclic amide) rings is 1. The number of terminal acetylenes is 1. The second-order valence-corrected chi connectivity index (χ2v) is 10.8. The Morgan fingerprint density at radius 3 is 2.74 bits per heavy atom. The molecule has 0 aliphatic carbocycles. The molecule has 0 unspecified atom stereocenters. The van der Waals surface area contributed by atoms with Gasteiger partial charge in [0.2, 0.25) is 11.8 Å². The summed E-state index contributed by atoms with van der Waals surface area (Å²) >= 11 is 7.84. The summed E-state index contributed by atoms with van der Waals surface area (Å²) in [5, 5.41) is 16.0. The highest BCUT2D eigenvalue weighted by Crippen LogP contribution is 2.41. The molecule has 14 heteroatoms. The number of aromatic nitrogens is 1. The number of esters is 1. The van der Waals surface area contributed by atoms with Gasteiger partial charge in [-0.2, -0.15) is 0 Å². The average Bonchev–Trinajstić information content (AvgIpc) is 3.22. The summed E-state index contributed by atoms with van der Waals surface area (Å²) in [4.78, 5) is 43.0. The Labute approximate surface area is 215 Å². The predicted octanol–water partition coefficient (Wildman–Crippen LogP) is 1.47. The minimum Gasteiger partial charge on any atom is -0.445 e. The van der Waals surface area contributed by atoms with E-state index < -0.39 is 41.4 Å². The maximum atomic E-state index is 13.0. The average molecular weight is 538 g/mol. The number of nitrogens with zero attached hydrogens (tertiary/aromatic N) is 3. The molecule has 186 valence electrons. The van der Waals surface area contributed by atoms with Crippen molar-refractivity contribution in [3.8, 4) is 12.3 Å². The SMILES string of the molecule is C#CCC1=C(C(=S)OCOC(=O)C(C)(C)C)N2C(=O)[C@@H](NC(=O)/C(=N\O)c3csc(N)n3)[C@H]2SC1. The van der Waals surface area contributed by atoms with Crippen molar-refractivity contribution in [3.63, 3.8) is 0 Å². The highest BCUT2D eigenvalue weighted by atomic mass is 32.2. The van der Waals surface area contributed by atoms with E-state index in [1.165, 1.54) is 22.0 Å². The number of thioether (sulfide) groups is 1. The maximum absolute atomic E-state index is 13.0. The van der Waals surface area contributed by atoms with E-state index in [-0.39, 0.29) is 28.0 Å². The number of anilines is 1. The van der Waals surface area contributed by atoms with Crippen LogP contribution in [-0.2, 0) is 23.9 Å². The van der Waals surface area contributed by atoms with Gasteiger partial charge in [0.25, 0.3) is 11.8 Å². The Kier molecular flexibility index (Phi) is 8.04. The zero-order valence-corrected chi connectivity index (χ0v) is 21.5. The third-order valence-corrected chi connectivity index (χ3v) is 7.24. The third kappa shape index (κ3) is 5.58. The largest absolute Gasteiger partial charge is 0.445 e. The molecule has 0 bridgehead atoms. The Bertz CT molecular complexity index is 1160. The van der Waals surface area contributed by atoms with E-state index in [0.717, 1.165) is 11.3 Å². The summed E-state index contributed by atoms with van der Waals surface area (Å²) in [5.41, 5.74) is 5.61. The lowest BCUT2D eigenvalue weighted by Gasteiger charge is -2.50. The monoisotopic (exact) mass is 537 g/mol. The molecule has 1 fully saturated rings. The van der Waals surface area contributed by atoms with E-state index in [2.05, 4.69) is 21.4 Å². The molecule has 2 aliphatic rings. The molecular weight excluding hydrogens is 514 g/mol. The molecule has 2 amide bonds. The second kappa shape index (κ2) is 10.6. The van der Waals surface area contributed by atoms with Crippen LogP contribution in [0, 0.1) is 17.8 Å². The lowest BCUT2D eigenvalue weighted by Crippen LogP contribution is -2.71. The van der Waals surface area contributed by atoms with Crippen molar-refractivity contribution in [2.45, 2.75) is 38.6 Å². The molecule has 0 spiro atoms. The number of hydrogen-bond acceptors (Lipinski definition) is 12. The number of nitrogen functional groups attached to an aromatic ring is 1. The number of carbonyl (C=O) groups is 3. The fourth-order valence-electron chi connectivity index (χ4n) is 3.17. The van der Waals surface area contributed by atoms with Crippen LogP contribution in [-0.4, -0.2) is 67.6 Å². The van der Waals surface area contributed by atoms with Gasteiger partial charge in [-0.15, -0.1) is 35.4 Å². The standard InChI is InChI=1S/C21H23N5O6S3/c1-5-6-10-7-34-17-13(24-15(27)12(25-30)11-8-35-20(22)23-11)16(28)26(17)14(10)18(33)31-9-32-19(29)21(2,3)4/h1,8,13,17,30H,6-7,9H2,2-4H3,(H2,22,23)(H,24,27)/b25-12-/t13-,17-/m1/s1. The van der Waals surface area contributed by atoms with Gasteiger partial charge in [-0.1, -0.05) is 5.16 Å². The number of carbonyl (C=O) groups excluding carboxylic acids is 3. The van der Waals surface area contributed by atoms with E-state index in [0.29, 0.717) is 17.0 Å². The fraction of sp³-hybridized carbons (Fsp3) is 0.429. The van der Waals surface area contributed by atoms with Gasteiger partial charge in [-0.05, 0) is 38.6 Å². The number of thiocarbonyl (C=S) groups is 1. The number of oxime groups is 1. The Morgan fingerprint density at radius 2 is 2.17 bits per heavy atom. The van der Waals surface area contributed by atoms with Crippen LogP contribution >= 0.6 is 35.3 Å². The number of fused-ring (bicyclic) bond motifs is 1. The highest BCUT2D eigenvalue weighted by molar-refractivity contribution is 8.00. The van der Waals surface area contributed by atoms with E-state index >= 15 is 0 Å². The van der Waals surface area contributed by atoms with Crippen molar-refractivity contribution in [3.05, 3.63) is 22.3 Å². The van der Waals surface area contributed by atoms with Crippen molar-refractivity contribution >= 4 is 69.0 Å². The molecule has 0 saturated carbocycles. The van der Waals surface area contributed by atoms with Gasteiger partial charge in [0, 0.05) is 17.6 Å². The minimum absolute atomic E-state index is 0.0454. The molecule has 3 heterocycles. The molecule has 1 aromatic rings. The van der Waals surface area contributed by atoms with Gasteiger partial charge in [0.15, 0.2) is 10.8 Å². The number of hydrogen-bond donors (Lipinski definition) is 3. The van der Waals surface area contributed by atoms with Crippen LogP contribution in [0.25, 0.3) is 0 Å². The second-order valence-electron chi connectivity index (χ2n) is 8.45. The van der Waals surface area contributed by atoms with Crippen molar-refractivity contribution in [2.24, 2.45) is 10.6 Å². The van der Waals surface area contributed by atoms with Crippen molar-refractivity contribution in [1.82, 2.24) is 15.2 Å². The molecule has 0 aromatic carbocycles. The number of nitrogens with two attached hydrogens (primary N) is 1. The zero-order chi connectivity index (χ0) is 25.9. The summed E-state index contributed by atoms with van der Waals surface area (Å²) < 4.78 is 10.6. The molecule has 11 nitrogen and oxygen atoms in total. The van der Waals surface area contributed by atoms with Crippen LogP contribution in [0.3, 0.4) is 0 Å². The van der Waals surface area contributed by atoms with Gasteiger partial charge >= 0.3 is 5.97 Å². The number of ether oxygens (including phenoxy) is 2. The van der Waals surface area contributed by atoms with Crippen LogP contribution in [0.15, 0.2) is 21.8 Å². The predicted molar refractivity (Wildman–Crippen MR) is 134 cm³/mol. The van der Waals surface area contributed by atoms with Crippen LogP contribution in [0.5, 0.6) is 0 Å². The number of rotatable bonds is 7. The first-order valence-corrected chi connectivity index (χ1v) is 12.5. The van der Waals surface area contributed by atoms with E-state index in [1.807, 2.05) is 0 Å². The molecular formula is C21H23N5O6S3. The van der Waals surface area contributed by atoms with Crippen LogP contribution in [0.2, 0.25) is 0 Å². The number of amides is 2. The normalized spacial score (nSPS) is 19.9. The van der Waals surface area contributed by atoms with Crippen LogP contribution in [0.1, 0.15) is 32.9 Å². The Morgan fingerprint density at radius 1 is 1.46 bits per heavy atom. The molecule has 2 aliphatic heterocycles. The van der Waals surface area contributed by atoms with Gasteiger partial charge in [0.1, 0.15) is 22.8 Å². The Hall–Kier alpha value is -3.15. The smallest absolute Gasteiger partial charge is 0.314 e. The first-order valence-electron chi connectivity index (χ1n) is 10.2. The number of nitrogens with one attached hydrogen (secondary N) is 1. The summed E-state index contributed by atoms with van der Waals surface area (Å²) in [6.07, 6.45) is 5.71. The Balaban J connectivity index is 1.72. The van der Waals surface area contributed by atoms with Crippen LogP contribution in [0.4, 0.5) is 5.13 Å². The van der Waals surface area contributed by atoms with Crippen molar-refractivity contribution in [1.29, 1.82) is 0 Å². The fourth-order valence-corrected chi connectivity index (χ4v) is 5.36. The molecule has 1 aromatic heterocycles. The molecule has 35 heavy (non-hydrogen) atoms. The topological polar surface area (TPSA) is 156 Å². The number of thiazole rings is 1. The van der Waals surface area contributed by atoms with Crippen molar-refractivity contribution < 1.29 is 29.1 Å². The molecule has 0 radical (unpaired) electrons. The molecule has 2 atom stereocenters. The zero-order valence-electron chi connectivity index (χ0n) is 19.1.